The predicted molar refractivity (Wildman–Crippen MR) is 145 cm³/mol. The van der Waals surface area contributed by atoms with Gasteiger partial charge in [0.05, 0.1) is 11.4 Å². The number of hydrogen-bond donors (Lipinski definition) is 2. The Morgan fingerprint density at radius 2 is 1.03 bits per heavy atom. The third-order valence-electron chi connectivity index (χ3n) is 6.67. The molecule has 2 aliphatic rings. The van der Waals surface area contributed by atoms with Gasteiger partial charge in [0.2, 0.25) is 0 Å². The molecule has 3 aromatic rings. The molecule has 1 aromatic heterocycles. The molecule has 194 valence electrons. The quantitative estimate of drug-likeness (QED) is 0.430. The minimum atomic E-state index is -0.0503. The second kappa shape index (κ2) is 11.2. The van der Waals surface area contributed by atoms with Crippen molar-refractivity contribution in [2.45, 2.75) is 53.9 Å². The number of nitrogens with one attached hydrogen (secondary N) is 2. The van der Waals surface area contributed by atoms with Crippen molar-refractivity contribution in [3.63, 3.8) is 0 Å². The molecule has 5 rings (SSSR count). The SMILES string of the molecule is Cc1cc(C)c(N2C=CNC2c2cccc(C3NC=CN3c3c(C)cc(C)cc3C)n2)c(C)c1.[Br-].[HH].[HH].[Pt+2]. The first-order valence-electron chi connectivity index (χ1n) is 11.9. The van der Waals surface area contributed by atoms with E-state index >= 15 is 0 Å². The van der Waals surface area contributed by atoms with Gasteiger partial charge in [-0.2, -0.15) is 0 Å². The van der Waals surface area contributed by atoms with Crippen LogP contribution in [-0.4, -0.2) is 4.98 Å². The van der Waals surface area contributed by atoms with E-state index in [0.717, 1.165) is 11.4 Å². The summed E-state index contributed by atoms with van der Waals surface area (Å²) in [6, 6.07) is 15.3. The van der Waals surface area contributed by atoms with Gasteiger partial charge in [0.1, 0.15) is 12.3 Å². The minimum absolute atomic E-state index is 0. The zero-order chi connectivity index (χ0) is 24.0. The fraction of sp³-hybridized carbons (Fsp3) is 0.276. The molecule has 0 saturated heterocycles. The van der Waals surface area contributed by atoms with E-state index in [1.165, 1.54) is 44.8 Å². The van der Waals surface area contributed by atoms with E-state index in [1.54, 1.807) is 0 Å². The van der Waals surface area contributed by atoms with Gasteiger partial charge in [-0.1, -0.05) is 41.5 Å². The zero-order valence-electron chi connectivity index (χ0n) is 21.5. The Kier molecular flexibility index (Phi) is 8.74. The van der Waals surface area contributed by atoms with Crippen LogP contribution in [0.15, 0.2) is 67.3 Å². The van der Waals surface area contributed by atoms with Crippen molar-refractivity contribution < 1.29 is 40.9 Å². The predicted octanol–water partition coefficient (Wildman–Crippen LogP) is 3.58. The van der Waals surface area contributed by atoms with Crippen molar-refractivity contribution in [3.05, 3.63) is 112 Å². The Morgan fingerprint density at radius 1 is 0.667 bits per heavy atom. The van der Waals surface area contributed by atoms with Gasteiger partial charge in [0.25, 0.3) is 0 Å². The van der Waals surface area contributed by atoms with Crippen LogP contribution >= 0.6 is 0 Å². The first-order chi connectivity index (χ1) is 16.3. The van der Waals surface area contributed by atoms with Crippen molar-refractivity contribution in [3.8, 4) is 0 Å². The third kappa shape index (κ3) is 5.12. The van der Waals surface area contributed by atoms with Gasteiger partial charge < -0.3 is 37.4 Å². The Morgan fingerprint density at radius 3 is 1.39 bits per heavy atom. The van der Waals surface area contributed by atoms with Crippen molar-refractivity contribution in [1.29, 1.82) is 0 Å². The number of pyridine rings is 1. The number of aryl methyl sites for hydroxylation is 6. The summed E-state index contributed by atoms with van der Waals surface area (Å²) < 4.78 is 0. The standard InChI is InChI=1S/C29H33N5.BrH.Pt.2H2/c1-18-14-20(3)26(21(4)15-18)33-12-10-30-28(33)24-8-7-9-25(32-24)29-31-11-13-34(29)27-22(5)16-19(2)17-23(27)6;;;;/h7-17,28-31H,1-6H3;1H;;2*1H/q;;+2;;/p-1. The summed E-state index contributed by atoms with van der Waals surface area (Å²) in [4.78, 5) is 9.74. The molecule has 0 fully saturated rings. The van der Waals surface area contributed by atoms with Gasteiger partial charge >= 0.3 is 21.1 Å². The van der Waals surface area contributed by atoms with Crippen molar-refractivity contribution in [1.82, 2.24) is 15.6 Å². The van der Waals surface area contributed by atoms with Crippen LogP contribution in [0.5, 0.6) is 0 Å². The van der Waals surface area contributed by atoms with Crippen LogP contribution in [0.25, 0.3) is 0 Å². The molecule has 2 aromatic carbocycles. The van der Waals surface area contributed by atoms with Crippen molar-refractivity contribution in [2.24, 2.45) is 0 Å². The minimum Gasteiger partial charge on any atom is -1.00 e. The second-order valence-electron chi connectivity index (χ2n) is 9.57. The smallest absolute Gasteiger partial charge is 1.00 e. The topological polar surface area (TPSA) is 43.4 Å². The molecule has 2 atom stereocenters. The number of anilines is 2. The molecule has 2 unspecified atom stereocenters. The molecule has 0 spiro atoms. The van der Waals surface area contributed by atoms with E-state index in [0.29, 0.717) is 0 Å². The molecule has 0 amide bonds. The molecular weight excluding hydrogens is 693 g/mol. The van der Waals surface area contributed by atoms with Gasteiger partial charge in [-0.05, 0) is 75.9 Å². The molecular formula is C29H37BrN5Pt+. The van der Waals surface area contributed by atoms with E-state index in [2.05, 4.69) is 117 Å². The summed E-state index contributed by atoms with van der Waals surface area (Å²) in [5.41, 5.74) is 12.1. The maximum atomic E-state index is 5.15. The van der Waals surface area contributed by atoms with Gasteiger partial charge in [0, 0.05) is 39.0 Å². The number of nitrogens with zero attached hydrogens (tertiary/aromatic N) is 3. The van der Waals surface area contributed by atoms with Crippen LogP contribution in [0.3, 0.4) is 0 Å². The van der Waals surface area contributed by atoms with Crippen LogP contribution in [0.4, 0.5) is 11.4 Å². The fourth-order valence-electron chi connectivity index (χ4n) is 5.56. The van der Waals surface area contributed by atoms with E-state index in [4.69, 9.17) is 4.98 Å². The largest absolute Gasteiger partial charge is 2.00 e. The average Bonchev–Trinajstić information content (AvgIpc) is 3.43. The van der Waals surface area contributed by atoms with E-state index < -0.39 is 0 Å². The summed E-state index contributed by atoms with van der Waals surface area (Å²) in [6.07, 6.45) is 8.16. The molecule has 0 bridgehead atoms. The maximum absolute atomic E-state index is 5.15. The summed E-state index contributed by atoms with van der Waals surface area (Å²) >= 11 is 0. The number of halogens is 1. The second-order valence-corrected chi connectivity index (χ2v) is 9.57. The Balaban J connectivity index is 0.00000180. The monoisotopic (exact) mass is 729 g/mol. The molecule has 5 nitrogen and oxygen atoms in total. The molecule has 7 heteroatoms. The van der Waals surface area contributed by atoms with Gasteiger partial charge in [-0.3, -0.25) is 0 Å². The Hall–Kier alpha value is -2.56. The number of hydrogen-bond acceptors (Lipinski definition) is 5. The molecule has 0 radical (unpaired) electrons. The van der Waals surface area contributed by atoms with E-state index in [-0.39, 0.29) is 53.2 Å². The normalized spacial score (nSPS) is 17.9. The van der Waals surface area contributed by atoms with Crippen LogP contribution in [-0.2, 0) is 21.1 Å². The third-order valence-corrected chi connectivity index (χ3v) is 6.67. The first-order valence-corrected chi connectivity index (χ1v) is 11.9. The fourth-order valence-corrected chi connectivity index (χ4v) is 5.56. The maximum Gasteiger partial charge on any atom is 2.00 e. The molecule has 3 heterocycles. The summed E-state index contributed by atoms with van der Waals surface area (Å²) in [7, 11) is 0. The molecule has 0 saturated carbocycles. The zero-order valence-corrected chi connectivity index (χ0v) is 25.4. The van der Waals surface area contributed by atoms with E-state index in [9.17, 15) is 0 Å². The summed E-state index contributed by atoms with van der Waals surface area (Å²) in [5, 5.41) is 7.02. The molecule has 0 aliphatic carbocycles. The van der Waals surface area contributed by atoms with Gasteiger partial charge in [0.15, 0.2) is 0 Å². The summed E-state index contributed by atoms with van der Waals surface area (Å²) in [5.74, 6) is 0. The summed E-state index contributed by atoms with van der Waals surface area (Å²) in [6.45, 7) is 13.0. The van der Waals surface area contributed by atoms with Crippen LogP contribution in [0.2, 0.25) is 0 Å². The Labute approximate surface area is 242 Å². The molecule has 2 aliphatic heterocycles. The average molecular weight is 731 g/mol. The molecule has 2 N–H and O–H groups in total. The van der Waals surface area contributed by atoms with Crippen molar-refractivity contribution in [2.75, 3.05) is 9.80 Å². The number of rotatable bonds is 4. The Bertz CT molecular complexity index is 1190. The number of aromatic nitrogens is 1. The number of benzene rings is 2. The van der Waals surface area contributed by atoms with E-state index in [1.807, 2.05) is 12.4 Å². The van der Waals surface area contributed by atoms with Gasteiger partial charge in [-0.25, -0.2) is 4.98 Å². The van der Waals surface area contributed by atoms with Crippen molar-refractivity contribution >= 4 is 11.4 Å². The van der Waals surface area contributed by atoms with Gasteiger partial charge in [-0.15, -0.1) is 0 Å². The molecule has 36 heavy (non-hydrogen) atoms. The van der Waals surface area contributed by atoms with Crippen LogP contribution in [0.1, 0.15) is 60.0 Å². The van der Waals surface area contributed by atoms with Crippen LogP contribution < -0.4 is 37.4 Å². The van der Waals surface area contributed by atoms with Crippen LogP contribution in [0, 0.1) is 41.5 Å². The first kappa shape index (κ1) is 28.0.